The van der Waals surface area contributed by atoms with Crippen molar-refractivity contribution >= 4 is 14.3 Å². The predicted molar refractivity (Wildman–Crippen MR) is 112 cm³/mol. The summed E-state index contributed by atoms with van der Waals surface area (Å²) in [5, 5.41) is 10.00. The van der Waals surface area contributed by atoms with Gasteiger partial charge >= 0.3 is 5.97 Å². The van der Waals surface area contributed by atoms with Crippen molar-refractivity contribution in [2.24, 2.45) is 22.2 Å². The lowest BCUT2D eigenvalue weighted by Gasteiger charge is -2.47. The molecular weight excluding hydrogens is 372 g/mol. The predicted octanol–water partition coefficient (Wildman–Crippen LogP) is 5.06. The van der Waals surface area contributed by atoms with Gasteiger partial charge in [0.1, 0.15) is 6.79 Å². The van der Waals surface area contributed by atoms with Crippen LogP contribution in [0.4, 0.5) is 0 Å². The Bertz CT molecular complexity index is 625. The number of carboxylic acid groups (broad SMARTS) is 1. The molecule has 0 aromatic heterocycles. The van der Waals surface area contributed by atoms with Gasteiger partial charge in [0.2, 0.25) is 0 Å². The molecule has 5 nitrogen and oxygen atoms in total. The quantitative estimate of drug-likeness (QED) is 0.488. The van der Waals surface area contributed by atoms with Crippen LogP contribution in [0.5, 0.6) is 0 Å². The molecule has 1 N–H and O–H groups in total. The number of hydrogen-bond donors (Lipinski definition) is 1. The molecule has 0 amide bonds. The van der Waals surface area contributed by atoms with E-state index >= 15 is 0 Å². The van der Waals surface area contributed by atoms with Crippen molar-refractivity contribution in [2.45, 2.75) is 97.1 Å². The number of ether oxygens (including phenoxy) is 2. The zero-order valence-corrected chi connectivity index (χ0v) is 20.1. The van der Waals surface area contributed by atoms with E-state index in [2.05, 4.69) is 47.7 Å². The second kappa shape index (κ2) is 6.79. The van der Waals surface area contributed by atoms with E-state index in [4.69, 9.17) is 13.9 Å². The maximum Gasteiger partial charge on any atom is 0.306 e. The molecular formula is C22H40O5Si. The summed E-state index contributed by atoms with van der Waals surface area (Å²) in [5.74, 6) is -0.917. The topological polar surface area (TPSA) is 65.0 Å². The van der Waals surface area contributed by atoms with Crippen LogP contribution in [0.25, 0.3) is 0 Å². The second-order valence-corrected chi connectivity index (χ2v) is 16.3. The van der Waals surface area contributed by atoms with Crippen LogP contribution in [0, 0.1) is 22.2 Å². The van der Waals surface area contributed by atoms with Gasteiger partial charge in [-0.1, -0.05) is 34.6 Å². The number of carboxylic acids is 1. The van der Waals surface area contributed by atoms with E-state index in [-0.39, 0.29) is 46.2 Å². The van der Waals surface area contributed by atoms with E-state index in [0.29, 0.717) is 0 Å². The summed E-state index contributed by atoms with van der Waals surface area (Å²) in [6, 6.07) is 0. The van der Waals surface area contributed by atoms with Gasteiger partial charge in [-0.2, -0.15) is 0 Å². The van der Waals surface area contributed by atoms with Gasteiger partial charge in [0.15, 0.2) is 8.32 Å². The Morgan fingerprint density at radius 2 is 1.79 bits per heavy atom. The highest BCUT2D eigenvalue weighted by atomic mass is 28.4. The average molecular weight is 413 g/mol. The molecule has 1 unspecified atom stereocenters. The number of rotatable bonds is 6. The molecule has 3 fully saturated rings. The first-order valence-corrected chi connectivity index (χ1v) is 13.7. The maximum atomic E-state index is 12.0. The van der Waals surface area contributed by atoms with Crippen LogP contribution in [0.1, 0.15) is 66.7 Å². The summed E-state index contributed by atoms with van der Waals surface area (Å²) in [7, 11) is -0.297. The van der Waals surface area contributed by atoms with Crippen LogP contribution in [-0.4, -0.2) is 45.5 Å². The first-order chi connectivity index (χ1) is 12.7. The smallest absolute Gasteiger partial charge is 0.306 e. The highest BCUT2D eigenvalue weighted by molar-refractivity contribution is 6.74. The third kappa shape index (κ3) is 2.93. The maximum absolute atomic E-state index is 12.0. The third-order valence-electron chi connectivity index (χ3n) is 9.18. The van der Waals surface area contributed by atoms with Crippen LogP contribution < -0.4 is 0 Å². The first kappa shape index (κ1) is 22.3. The van der Waals surface area contributed by atoms with Gasteiger partial charge in [0.25, 0.3) is 0 Å². The van der Waals surface area contributed by atoms with Gasteiger partial charge in [-0.05, 0) is 61.1 Å². The van der Waals surface area contributed by atoms with E-state index in [9.17, 15) is 9.90 Å². The standard InChI is InChI=1S/C22H40O5Si/c1-19(2,3)28(7,8)27-16-9-10-22-12-15(18(23)24)11-21(16,22)13-17(20(22,4)5)26-14-25-6/h15-17H,9-14H2,1-8H3,(H,23,24)/t15-,16+,17?,21+,22-/m0/s1. The minimum absolute atomic E-state index is 0.0332. The first-order valence-electron chi connectivity index (χ1n) is 10.8. The number of methoxy groups -OCH3 is 1. The average Bonchev–Trinajstić information content (AvgIpc) is 3.09. The molecule has 0 heterocycles. The van der Waals surface area contributed by atoms with E-state index in [1.165, 1.54) is 0 Å². The molecule has 0 aromatic carbocycles. The second-order valence-electron chi connectivity index (χ2n) is 11.6. The van der Waals surface area contributed by atoms with Gasteiger partial charge in [-0.25, -0.2) is 0 Å². The van der Waals surface area contributed by atoms with Crippen LogP contribution in [-0.2, 0) is 18.7 Å². The molecule has 0 spiro atoms. The Labute approximate surface area is 171 Å². The molecule has 0 aromatic rings. The monoisotopic (exact) mass is 412 g/mol. The summed E-state index contributed by atoms with van der Waals surface area (Å²) in [6.45, 7) is 16.3. The molecule has 0 bridgehead atoms. The molecule has 0 saturated heterocycles. The lowest BCUT2D eigenvalue weighted by molar-refractivity contribution is -0.144. The number of carbonyl (C=O) groups is 1. The Hall–Kier alpha value is -0.433. The summed E-state index contributed by atoms with van der Waals surface area (Å²) in [6.07, 6.45) is 4.64. The third-order valence-corrected chi connectivity index (χ3v) is 13.7. The summed E-state index contributed by atoms with van der Waals surface area (Å²) < 4.78 is 18.4. The van der Waals surface area contributed by atoms with Crippen LogP contribution in [0.3, 0.4) is 0 Å². The molecule has 0 radical (unpaired) electrons. The number of aliphatic carboxylic acids is 1. The lowest BCUT2D eigenvalue weighted by Crippen LogP contribution is -2.49. The molecule has 3 aliphatic rings. The van der Waals surface area contributed by atoms with Crippen molar-refractivity contribution in [3.8, 4) is 0 Å². The summed E-state index contributed by atoms with van der Waals surface area (Å²) in [5.41, 5.74) is -0.233. The molecule has 6 heteroatoms. The van der Waals surface area contributed by atoms with Crippen LogP contribution >= 0.6 is 0 Å². The van der Waals surface area contributed by atoms with Gasteiger partial charge in [0, 0.05) is 12.5 Å². The Kier molecular flexibility index (Phi) is 5.40. The molecule has 5 atom stereocenters. The van der Waals surface area contributed by atoms with E-state index in [0.717, 1.165) is 32.1 Å². The fourth-order valence-corrected chi connectivity index (χ4v) is 8.01. The van der Waals surface area contributed by atoms with Crippen molar-refractivity contribution in [1.82, 2.24) is 0 Å². The van der Waals surface area contributed by atoms with Crippen LogP contribution in [0.15, 0.2) is 0 Å². The highest BCUT2D eigenvalue weighted by Gasteiger charge is 2.77. The SMILES string of the molecule is COCOC1C[C@@]23C[C@H](C(=O)O)C[C@@]2(CC[C@H]3O[Si](C)(C)C(C)(C)C)C1(C)C. The molecule has 3 rings (SSSR count). The van der Waals surface area contributed by atoms with Crippen molar-refractivity contribution in [2.75, 3.05) is 13.9 Å². The van der Waals surface area contributed by atoms with Gasteiger partial charge < -0.3 is 19.0 Å². The minimum Gasteiger partial charge on any atom is -0.481 e. The summed E-state index contributed by atoms with van der Waals surface area (Å²) >= 11 is 0. The number of hydrogen-bond acceptors (Lipinski definition) is 4. The van der Waals surface area contributed by atoms with Crippen molar-refractivity contribution in [3.05, 3.63) is 0 Å². The Balaban J connectivity index is 2.00. The molecule has 3 saturated carbocycles. The largest absolute Gasteiger partial charge is 0.481 e. The summed E-state index contributed by atoms with van der Waals surface area (Å²) in [4.78, 5) is 12.0. The van der Waals surface area contributed by atoms with E-state index in [1.807, 2.05) is 0 Å². The normalized spacial score (nSPS) is 39.8. The van der Waals surface area contributed by atoms with Crippen molar-refractivity contribution in [3.63, 3.8) is 0 Å². The van der Waals surface area contributed by atoms with Gasteiger partial charge in [-0.3, -0.25) is 4.79 Å². The zero-order valence-electron chi connectivity index (χ0n) is 19.1. The van der Waals surface area contributed by atoms with E-state index < -0.39 is 14.3 Å². The van der Waals surface area contributed by atoms with Gasteiger partial charge in [-0.15, -0.1) is 0 Å². The molecule has 0 aliphatic heterocycles. The fraction of sp³-hybridized carbons (Fsp3) is 0.955. The Morgan fingerprint density at radius 1 is 1.14 bits per heavy atom. The Morgan fingerprint density at radius 3 is 2.32 bits per heavy atom. The van der Waals surface area contributed by atoms with Crippen molar-refractivity contribution < 1.29 is 23.8 Å². The molecule has 162 valence electrons. The minimum atomic E-state index is -1.95. The molecule has 28 heavy (non-hydrogen) atoms. The van der Waals surface area contributed by atoms with E-state index in [1.54, 1.807) is 7.11 Å². The van der Waals surface area contributed by atoms with Crippen LogP contribution in [0.2, 0.25) is 18.1 Å². The highest BCUT2D eigenvalue weighted by Crippen LogP contribution is 2.79. The van der Waals surface area contributed by atoms with Gasteiger partial charge in [0.05, 0.1) is 18.1 Å². The fourth-order valence-electron chi connectivity index (χ4n) is 6.60. The van der Waals surface area contributed by atoms with Crippen molar-refractivity contribution in [1.29, 1.82) is 0 Å². The molecule has 3 aliphatic carbocycles. The zero-order chi connectivity index (χ0) is 21.2. The lowest BCUT2D eigenvalue weighted by atomic mass is 9.60.